The molecule has 2 heterocycles. The zero-order valence-electron chi connectivity index (χ0n) is 14.5. The third kappa shape index (κ3) is 4.83. The van der Waals surface area contributed by atoms with E-state index in [-0.39, 0.29) is 24.9 Å². The lowest BCUT2D eigenvalue weighted by Gasteiger charge is -2.34. The number of nitrogens with one attached hydrogen (secondary N) is 1. The molecule has 1 aromatic heterocycles. The lowest BCUT2D eigenvalue weighted by atomic mass is 10.1. The molecule has 1 amide bonds. The number of benzene rings is 1. The number of hydrogen-bond donors (Lipinski definition) is 1. The summed E-state index contributed by atoms with van der Waals surface area (Å²) in [6.45, 7) is 1.40. The van der Waals surface area contributed by atoms with Crippen LogP contribution in [-0.4, -0.2) is 54.7 Å². The first-order valence-electron chi connectivity index (χ1n) is 8.33. The smallest absolute Gasteiger partial charge is 0.226 e. The van der Waals surface area contributed by atoms with E-state index in [0.717, 1.165) is 17.7 Å². The second kappa shape index (κ2) is 7.88. The van der Waals surface area contributed by atoms with Gasteiger partial charge in [0.05, 0.1) is 43.9 Å². The third-order valence-electron chi connectivity index (χ3n) is 4.19. The van der Waals surface area contributed by atoms with Gasteiger partial charge < -0.3 is 14.2 Å². The number of para-hydroxylation sites is 1. The maximum atomic E-state index is 12.5. The molecule has 26 heavy (non-hydrogen) atoms. The molecule has 0 spiro atoms. The second-order valence-electron chi connectivity index (χ2n) is 6.25. The predicted octanol–water partition coefficient (Wildman–Crippen LogP) is 0.785. The Hall–Kier alpha value is -2.39. The fourth-order valence-corrected chi connectivity index (χ4v) is 3.41. The number of imidazole rings is 1. The monoisotopic (exact) mass is 378 g/mol. The van der Waals surface area contributed by atoms with Gasteiger partial charge in [-0.3, -0.25) is 4.79 Å². The van der Waals surface area contributed by atoms with Crippen molar-refractivity contribution in [3.63, 3.8) is 0 Å². The summed E-state index contributed by atoms with van der Waals surface area (Å²) in [4.78, 5) is 18.4. The van der Waals surface area contributed by atoms with Crippen molar-refractivity contribution < 1.29 is 17.9 Å². The van der Waals surface area contributed by atoms with Crippen molar-refractivity contribution in [2.75, 3.05) is 26.0 Å². The molecule has 0 radical (unpaired) electrons. The van der Waals surface area contributed by atoms with Gasteiger partial charge in [-0.05, 0) is 12.1 Å². The number of nitrogens with zero attached hydrogens (tertiary/aromatic N) is 3. The van der Waals surface area contributed by atoms with Crippen molar-refractivity contribution in [2.45, 2.75) is 19.0 Å². The molecule has 1 aliphatic rings. The highest BCUT2D eigenvalue weighted by atomic mass is 32.2. The van der Waals surface area contributed by atoms with Crippen molar-refractivity contribution in [3.8, 4) is 5.75 Å². The first-order chi connectivity index (χ1) is 12.4. The summed E-state index contributed by atoms with van der Waals surface area (Å²) in [5.74, 6) is 0.699. The Morgan fingerprint density at radius 2 is 2.12 bits per heavy atom. The van der Waals surface area contributed by atoms with Gasteiger partial charge in [-0.2, -0.15) is 0 Å². The highest BCUT2D eigenvalue weighted by Crippen LogP contribution is 2.21. The Bertz CT molecular complexity index is 851. The van der Waals surface area contributed by atoms with Crippen LogP contribution in [0.15, 0.2) is 42.9 Å². The van der Waals surface area contributed by atoms with E-state index in [9.17, 15) is 13.2 Å². The van der Waals surface area contributed by atoms with Gasteiger partial charge in [0.1, 0.15) is 5.75 Å². The van der Waals surface area contributed by atoms with E-state index in [0.29, 0.717) is 19.7 Å². The predicted molar refractivity (Wildman–Crippen MR) is 96.1 cm³/mol. The zero-order valence-corrected chi connectivity index (χ0v) is 15.4. The molecule has 1 aromatic carbocycles. The van der Waals surface area contributed by atoms with Crippen LogP contribution in [0.1, 0.15) is 18.2 Å². The van der Waals surface area contributed by atoms with Crippen molar-refractivity contribution in [1.29, 1.82) is 0 Å². The van der Waals surface area contributed by atoms with E-state index in [1.165, 1.54) is 0 Å². The maximum Gasteiger partial charge on any atom is 0.226 e. The van der Waals surface area contributed by atoms with Gasteiger partial charge in [0.15, 0.2) is 0 Å². The van der Waals surface area contributed by atoms with Crippen LogP contribution in [0.25, 0.3) is 0 Å². The van der Waals surface area contributed by atoms with E-state index >= 15 is 0 Å². The first-order valence-corrected chi connectivity index (χ1v) is 10.2. The summed E-state index contributed by atoms with van der Waals surface area (Å²) >= 11 is 0. The van der Waals surface area contributed by atoms with Crippen LogP contribution >= 0.6 is 0 Å². The van der Waals surface area contributed by atoms with Crippen LogP contribution in [-0.2, 0) is 21.4 Å². The molecule has 0 aliphatic carbocycles. The molecule has 0 unspecified atom stereocenters. The molecule has 8 nitrogen and oxygen atoms in total. The Balaban J connectivity index is 1.58. The normalized spacial score (nSPS) is 17.0. The molecular weight excluding hydrogens is 356 g/mol. The number of sulfonamides is 1. The number of carbonyl (C=O) groups excluding carboxylic acids is 1. The standard InChI is InChI=1S/C17H22N4O4S/c1-26(23,24)19-10-15-12-20(11-14-9-18-13-21(14)15)17(22)7-8-25-16-5-3-2-4-6-16/h2-6,9,13,15,19H,7-8,10-12H2,1H3/t15-/m1/s1. The summed E-state index contributed by atoms with van der Waals surface area (Å²) < 4.78 is 32.8. The maximum absolute atomic E-state index is 12.5. The Kier molecular flexibility index (Phi) is 5.58. The molecule has 3 rings (SSSR count). The third-order valence-corrected chi connectivity index (χ3v) is 4.88. The molecule has 140 valence electrons. The Morgan fingerprint density at radius 1 is 1.35 bits per heavy atom. The largest absolute Gasteiger partial charge is 0.493 e. The molecule has 1 atom stereocenters. The molecule has 1 N–H and O–H groups in total. The molecule has 0 fully saturated rings. The summed E-state index contributed by atoms with van der Waals surface area (Å²) in [5.41, 5.74) is 0.883. The molecular formula is C17H22N4O4S. The number of carbonyl (C=O) groups is 1. The number of aromatic nitrogens is 2. The Morgan fingerprint density at radius 3 is 2.85 bits per heavy atom. The van der Waals surface area contributed by atoms with E-state index in [1.54, 1.807) is 17.4 Å². The fraction of sp³-hybridized carbons (Fsp3) is 0.412. The molecule has 0 saturated heterocycles. The van der Waals surface area contributed by atoms with Gasteiger partial charge in [0, 0.05) is 19.3 Å². The summed E-state index contributed by atoms with van der Waals surface area (Å²) in [7, 11) is -3.30. The number of rotatable bonds is 7. The first kappa shape index (κ1) is 18.4. The minimum atomic E-state index is -3.30. The molecule has 2 aromatic rings. The number of amides is 1. The minimum Gasteiger partial charge on any atom is -0.493 e. The van der Waals surface area contributed by atoms with Crippen LogP contribution in [0.3, 0.4) is 0 Å². The number of fused-ring (bicyclic) bond motifs is 1. The van der Waals surface area contributed by atoms with Crippen molar-refractivity contribution in [2.24, 2.45) is 0 Å². The SMILES string of the molecule is CS(=O)(=O)NC[C@@H]1CN(C(=O)CCOc2ccccc2)Cc2cncn21. The van der Waals surface area contributed by atoms with Gasteiger partial charge in [-0.15, -0.1) is 0 Å². The molecule has 1 aliphatic heterocycles. The minimum absolute atomic E-state index is 0.0299. The van der Waals surface area contributed by atoms with E-state index in [4.69, 9.17) is 4.74 Å². The van der Waals surface area contributed by atoms with Crippen molar-refractivity contribution in [1.82, 2.24) is 19.2 Å². The van der Waals surface area contributed by atoms with Gasteiger partial charge in [-0.1, -0.05) is 18.2 Å². The molecule has 0 saturated carbocycles. The topological polar surface area (TPSA) is 93.5 Å². The quantitative estimate of drug-likeness (QED) is 0.769. The average molecular weight is 378 g/mol. The van der Waals surface area contributed by atoms with Gasteiger partial charge >= 0.3 is 0 Å². The second-order valence-corrected chi connectivity index (χ2v) is 8.09. The van der Waals surface area contributed by atoms with E-state index < -0.39 is 10.0 Å². The van der Waals surface area contributed by atoms with Crippen LogP contribution in [0, 0.1) is 0 Å². The van der Waals surface area contributed by atoms with E-state index in [2.05, 4.69) is 9.71 Å². The average Bonchev–Trinajstić information content (AvgIpc) is 3.08. The van der Waals surface area contributed by atoms with Crippen LogP contribution in [0.2, 0.25) is 0 Å². The highest BCUT2D eigenvalue weighted by Gasteiger charge is 2.28. The van der Waals surface area contributed by atoms with Crippen molar-refractivity contribution >= 4 is 15.9 Å². The van der Waals surface area contributed by atoms with Crippen LogP contribution in [0.4, 0.5) is 0 Å². The molecule has 9 heteroatoms. The lowest BCUT2D eigenvalue weighted by Crippen LogP contribution is -2.44. The zero-order chi connectivity index (χ0) is 18.6. The number of ether oxygens (including phenoxy) is 1. The van der Waals surface area contributed by atoms with Crippen LogP contribution in [0.5, 0.6) is 5.75 Å². The number of hydrogen-bond acceptors (Lipinski definition) is 5. The summed E-state index contributed by atoms with van der Waals surface area (Å²) in [6.07, 6.45) is 4.75. The fourth-order valence-electron chi connectivity index (χ4n) is 2.92. The van der Waals surface area contributed by atoms with Gasteiger partial charge in [0.25, 0.3) is 0 Å². The summed E-state index contributed by atoms with van der Waals surface area (Å²) in [6, 6.07) is 9.16. The molecule has 0 bridgehead atoms. The van der Waals surface area contributed by atoms with E-state index in [1.807, 2.05) is 34.9 Å². The van der Waals surface area contributed by atoms with Gasteiger partial charge in [0.2, 0.25) is 15.9 Å². The van der Waals surface area contributed by atoms with Crippen LogP contribution < -0.4 is 9.46 Å². The lowest BCUT2D eigenvalue weighted by molar-refractivity contribution is -0.133. The summed E-state index contributed by atoms with van der Waals surface area (Å²) in [5, 5.41) is 0. The van der Waals surface area contributed by atoms with Gasteiger partial charge in [-0.25, -0.2) is 18.1 Å². The van der Waals surface area contributed by atoms with Crippen molar-refractivity contribution in [3.05, 3.63) is 48.5 Å². The Labute approximate surface area is 152 Å². The highest BCUT2D eigenvalue weighted by molar-refractivity contribution is 7.88.